The standard InChI is InChI=1S/C26H26F3NO2S/c1-15-24-22(21-9-10-33-14-18(21)12-23(24)25(31)32-15)8-7-20-6-5-17(13-30-20)16-3-2-4-19(11-16)26(27,28)29/h2-8,11,13,15,18,21-24H,9-10,12,14H2,1H3/b8-7+/t15-,18-,21-,22+,23-,24+/m1/s1. The fourth-order valence-corrected chi connectivity index (χ4v) is 7.16. The zero-order valence-corrected chi connectivity index (χ0v) is 19.1. The number of aromatic nitrogens is 1. The van der Waals surface area contributed by atoms with Crippen molar-refractivity contribution in [1.29, 1.82) is 0 Å². The molecular weight excluding hydrogens is 447 g/mol. The average molecular weight is 474 g/mol. The van der Waals surface area contributed by atoms with Gasteiger partial charge in [-0.15, -0.1) is 0 Å². The quantitative estimate of drug-likeness (QED) is 0.487. The van der Waals surface area contributed by atoms with Gasteiger partial charge in [0.25, 0.3) is 0 Å². The Hall–Kier alpha value is -2.28. The van der Waals surface area contributed by atoms with Crippen LogP contribution in [-0.4, -0.2) is 28.6 Å². The highest BCUT2D eigenvalue weighted by Crippen LogP contribution is 2.52. The van der Waals surface area contributed by atoms with Gasteiger partial charge in [-0.1, -0.05) is 24.3 Å². The van der Waals surface area contributed by atoms with Gasteiger partial charge >= 0.3 is 12.1 Å². The summed E-state index contributed by atoms with van der Waals surface area (Å²) in [4.78, 5) is 16.9. The van der Waals surface area contributed by atoms with Gasteiger partial charge in [-0.2, -0.15) is 24.9 Å². The summed E-state index contributed by atoms with van der Waals surface area (Å²) in [5.41, 5.74) is 1.22. The second-order valence-electron chi connectivity index (χ2n) is 9.34. The van der Waals surface area contributed by atoms with E-state index in [1.165, 1.54) is 6.07 Å². The van der Waals surface area contributed by atoms with Gasteiger partial charge in [0.2, 0.25) is 0 Å². The molecule has 1 aromatic heterocycles. The van der Waals surface area contributed by atoms with Crippen LogP contribution in [0, 0.1) is 29.6 Å². The monoisotopic (exact) mass is 473 g/mol. The highest BCUT2D eigenvalue weighted by molar-refractivity contribution is 7.99. The predicted molar refractivity (Wildman–Crippen MR) is 123 cm³/mol. The van der Waals surface area contributed by atoms with Gasteiger partial charge in [-0.05, 0) is 78.9 Å². The molecule has 33 heavy (non-hydrogen) atoms. The largest absolute Gasteiger partial charge is 0.462 e. The molecule has 0 amide bonds. The van der Waals surface area contributed by atoms with Crippen LogP contribution in [0.1, 0.15) is 31.0 Å². The topological polar surface area (TPSA) is 39.2 Å². The molecule has 0 N–H and O–H groups in total. The number of halogens is 3. The number of benzene rings is 1. The Labute approximate surface area is 195 Å². The zero-order valence-electron chi connectivity index (χ0n) is 18.3. The number of thioether (sulfide) groups is 1. The lowest BCUT2D eigenvalue weighted by molar-refractivity contribution is -0.144. The number of cyclic esters (lactones) is 1. The van der Waals surface area contributed by atoms with Crippen LogP contribution in [0.2, 0.25) is 0 Å². The summed E-state index contributed by atoms with van der Waals surface area (Å²) in [5.74, 6) is 3.72. The van der Waals surface area contributed by atoms with E-state index in [2.05, 4.69) is 11.1 Å². The first-order valence-corrected chi connectivity index (χ1v) is 12.6. The molecule has 0 unspecified atom stereocenters. The Kier molecular flexibility index (Phi) is 6.02. The molecular formula is C26H26F3NO2S. The van der Waals surface area contributed by atoms with E-state index in [4.69, 9.17) is 4.74 Å². The maximum atomic E-state index is 13.0. The fourth-order valence-electron chi connectivity index (χ4n) is 5.87. The van der Waals surface area contributed by atoms with Gasteiger partial charge in [-0.3, -0.25) is 9.78 Å². The molecule has 6 atom stereocenters. The summed E-state index contributed by atoms with van der Waals surface area (Å²) in [5, 5.41) is 0. The van der Waals surface area contributed by atoms with E-state index in [1.54, 1.807) is 18.3 Å². The molecule has 1 aromatic carbocycles. The van der Waals surface area contributed by atoms with Crippen molar-refractivity contribution in [2.75, 3.05) is 11.5 Å². The van der Waals surface area contributed by atoms with Crippen LogP contribution in [0.25, 0.3) is 17.2 Å². The van der Waals surface area contributed by atoms with E-state index in [9.17, 15) is 18.0 Å². The zero-order chi connectivity index (χ0) is 23.2. The van der Waals surface area contributed by atoms with E-state index in [0.29, 0.717) is 23.0 Å². The molecule has 1 aliphatic carbocycles. The predicted octanol–water partition coefficient (Wildman–Crippen LogP) is 6.35. The van der Waals surface area contributed by atoms with Crippen LogP contribution in [0.4, 0.5) is 13.2 Å². The molecule has 2 aromatic rings. The van der Waals surface area contributed by atoms with Gasteiger partial charge in [0.15, 0.2) is 0 Å². The van der Waals surface area contributed by atoms with Crippen molar-refractivity contribution >= 4 is 23.8 Å². The summed E-state index contributed by atoms with van der Waals surface area (Å²) in [7, 11) is 0. The van der Waals surface area contributed by atoms with Gasteiger partial charge in [-0.25, -0.2) is 0 Å². The van der Waals surface area contributed by atoms with Gasteiger partial charge in [0.1, 0.15) is 6.10 Å². The third-order valence-electron chi connectivity index (χ3n) is 7.44. The lowest BCUT2D eigenvalue weighted by atomic mass is 9.60. The van der Waals surface area contributed by atoms with Crippen molar-refractivity contribution < 1.29 is 22.7 Å². The van der Waals surface area contributed by atoms with Crippen molar-refractivity contribution in [3.8, 4) is 11.1 Å². The Morgan fingerprint density at radius 2 is 2.03 bits per heavy atom. The van der Waals surface area contributed by atoms with E-state index < -0.39 is 11.7 Å². The number of pyridine rings is 1. The number of hydrogen-bond acceptors (Lipinski definition) is 4. The molecule has 0 radical (unpaired) electrons. The van der Waals surface area contributed by atoms with Gasteiger partial charge < -0.3 is 4.74 Å². The molecule has 0 spiro atoms. The smallest absolute Gasteiger partial charge is 0.416 e. The second kappa shape index (κ2) is 8.82. The van der Waals surface area contributed by atoms with Crippen LogP contribution in [-0.2, 0) is 15.7 Å². The lowest BCUT2D eigenvalue weighted by Crippen LogP contribution is -2.44. The molecule has 5 rings (SSSR count). The number of rotatable bonds is 3. The molecule has 7 heteroatoms. The number of fused-ring (bicyclic) bond motifs is 2. The third kappa shape index (κ3) is 4.44. The minimum Gasteiger partial charge on any atom is -0.462 e. The number of allylic oxidation sites excluding steroid dienone is 1. The highest BCUT2D eigenvalue weighted by atomic mass is 32.2. The Morgan fingerprint density at radius 1 is 1.18 bits per heavy atom. The summed E-state index contributed by atoms with van der Waals surface area (Å²) >= 11 is 1.98. The normalized spacial score (nSPS) is 31.8. The van der Waals surface area contributed by atoms with Crippen molar-refractivity contribution in [2.24, 2.45) is 29.6 Å². The Morgan fingerprint density at radius 3 is 2.79 bits per heavy atom. The first-order valence-electron chi connectivity index (χ1n) is 11.4. The molecule has 0 bridgehead atoms. The van der Waals surface area contributed by atoms with Crippen molar-refractivity contribution in [3.05, 3.63) is 59.9 Å². The molecule has 2 aliphatic heterocycles. The molecule has 3 fully saturated rings. The highest BCUT2D eigenvalue weighted by Gasteiger charge is 2.53. The summed E-state index contributed by atoms with van der Waals surface area (Å²) in [6.45, 7) is 2.00. The number of ether oxygens (including phenoxy) is 1. The molecule has 3 heterocycles. The summed E-state index contributed by atoms with van der Waals surface area (Å²) < 4.78 is 44.7. The lowest BCUT2D eigenvalue weighted by Gasteiger charge is -2.45. The van der Waals surface area contributed by atoms with Gasteiger partial charge in [0, 0.05) is 17.7 Å². The number of carbonyl (C=O) groups excluding carboxylic acids is 1. The van der Waals surface area contributed by atoms with E-state index in [1.807, 2.05) is 30.8 Å². The average Bonchev–Trinajstić information content (AvgIpc) is 3.09. The minimum absolute atomic E-state index is 0.0224. The molecule has 1 saturated carbocycles. The Balaban J connectivity index is 1.38. The first kappa shape index (κ1) is 22.5. The van der Waals surface area contributed by atoms with Crippen LogP contribution in [0.5, 0.6) is 0 Å². The Bertz CT molecular complexity index is 1050. The number of hydrogen-bond donors (Lipinski definition) is 0. The molecule has 174 valence electrons. The maximum Gasteiger partial charge on any atom is 0.416 e. The van der Waals surface area contributed by atoms with E-state index in [0.717, 1.165) is 42.2 Å². The SMILES string of the molecule is C[C@H]1OC(=O)[C@@H]2C[C@@H]3CSCC[C@H]3[C@H](/C=C/c3ccc(-c4cccc(C(F)(F)F)c4)cn3)[C@H]12. The maximum absolute atomic E-state index is 13.0. The van der Waals surface area contributed by atoms with E-state index in [-0.39, 0.29) is 29.8 Å². The third-order valence-corrected chi connectivity index (χ3v) is 8.63. The van der Waals surface area contributed by atoms with Crippen molar-refractivity contribution in [3.63, 3.8) is 0 Å². The number of nitrogens with zero attached hydrogens (tertiary/aromatic N) is 1. The summed E-state index contributed by atoms with van der Waals surface area (Å²) in [6, 6.07) is 8.92. The fraction of sp³-hybridized carbons (Fsp3) is 0.462. The first-order chi connectivity index (χ1) is 15.8. The van der Waals surface area contributed by atoms with Crippen LogP contribution in [0.3, 0.4) is 0 Å². The second-order valence-corrected chi connectivity index (χ2v) is 10.5. The van der Waals surface area contributed by atoms with Crippen LogP contribution >= 0.6 is 11.8 Å². The van der Waals surface area contributed by atoms with Crippen LogP contribution in [0.15, 0.2) is 48.7 Å². The van der Waals surface area contributed by atoms with Crippen LogP contribution < -0.4 is 0 Å². The minimum atomic E-state index is -4.37. The van der Waals surface area contributed by atoms with E-state index >= 15 is 0 Å². The molecule has 3 nitrogen and oxygen atoms in total. The van der Waals surface area contributed by atoms with Crippen molar-refractivity contribution in [1.82, 2.24) is 4.98 Å². The molecule has 3 aliphatic rings. The van der Waals surface area contributed by atoms with Gasteiger partial charge in [0.05, 0.1) is 17.2 Å². The number of carbonyl (C=O) groups is 1. The number of esters is 1. The van der Waals surface area contributed by atoms with Crippen molar-refractivity contribution in [2.45, 2.75) is 32.0 Å². The number of alkyl halides is 3. The molecule has 2 saturated heterocycles. The summed E-state index contributed by atoms with van der Waals surface area (Å²) in [6.07, 6.45) is 3.44.